The van der Waals surface area contributed by atoms with Gasteiger partial charge < -0.3 is 29.0 Å². The quantitative estimate of drug-likeness (QED) is 0.159. The second-order valence-electron chi connectivity index (χ2n) is 18.1. The number of anilines is 1. The van der Waals surface area contributed by atoms with Crippen molar-refractivity contribution < 1.29 is 52.6 Å². The third-order valence-electron chi connectivity index (χ3n) is 14.3. The van der Waals surface area contributed by atoms with Crippen LogP contribution in [0.5, 0.6) is 0 Å². The van der Waals surface area contributed by atoms with E-state index >= 15 is 0 Å². The minimum absolute atomic E-state index is 0.00803. The molecule has 1 N–H and O–H groups in total. The Morgan fingerprint density at radius 1 is 0.842 bits per heavy atom. The normalized spacial score (nSPS) is 38.5. The first-order valence-electron chi connectivity index (χ1n) is 20.5. The van der Waals surface area contributed by atoms with Crippen molar-refractivity contribution in [1.29, 1.82) is 0 Å². The van der Waals surface area contributed by atoms with E-state index < -0.39 is 59.8 Å². The van der Waals surface area contributed by atoms with Gasteiger partial charge in [-0.25, -0.2) is 9.78 Å². The SMILES string of the molecule is Cc1ccc2c3c(ccc2c1)C(=O)c1c(ccc2c1NC1(C)CC2O[C@@H](C)[C@@H]1OC(=O)CCC(=O)OC1OC2O[C@@]4(C)CC[C@H]5[C@H](C)CCC([C@H]1C)[C@@]25OO4)C3=O. The standard InChI is InChI=1S/C45H49NO11/c1-21-7-10-26-25(19-21)9-11-28-35(26)38(49)29-13-12-27-32-20-43(5,46-37(27)36(29)39(28)50)40(24(4)51-32)52-33(47)15-16-34(48)53-41-23(3)31-14-8-22(2)30-17-18-44(6)55-42(54-41)45(30,31)57-56-44/h7,9-13,19,22-24,30-32,40-42,46H,8,14-18,20H2,1-6H3/t22-,23-,24+,30+,31?,32?,40+,41?,42?,43?,44-,45-/m1/s1. The van der Waals surface area contributed by atoms with Crippen LogP contribution < -0.4 is 5.32 Å². The van der Waals surface area contributed by atoms with E-state index in [4.69, 9.17) is 33.5 Å². The highest BCUT2D eigenvalue weighted by Gasteiger charge is 2.70. The van der Waals surface area contributed by atoms with Gasteiger partial charge in [0.15, 0.2) is 29.6 Å². The number of nitrogens with one attached hydrogen (secondary N) is 1. The topological polar surface area (TPSA) is 145 Å². The van der Waals surface area contributed by atoms with Crippen LogP contribution in [0.2, 0.25) is 0 Å². The molecule has 5 unspecified atom stereocenters. The molecule has 57 heavy (non-hydrogen) atoms. The molecule has 4 bridgehead atoms. The van der Waals surface area contributed by atoms with Crippen molar-refractivity contribution in [2.75, 3.05) is 5.32 Å². The smallest absolute Gasteiger partial charge is 0.308 e. The molecule has 12 heteroatoms. The highest BCUT2D eigenvalue weighted by molar-refractivity contribution is 6.33. The van der Waals surface area contributed by atoms with Crippen LogP contribution in [0, 0.1) is 30.6 Å². The number of aryl methyl sites for hydroxylation is 1. The average molecular weight is 780 g/mol. The number of ether oxygens (including phenoxy) is 5. The highest BCUT2D eigenvalue weighted by Crippen LogP contribution is 2.61. The minimum atomic E-state index is -0.950. The molecular weight excluding hydrogens is 730 g/mol. The summed E-state index contributed by atoms with van der Waals surface area (Å²) >= 11 is 0. The summed E-state index contributed by atoms with van der Waals surface area (Å²) in [6.45, 7) is 11.9. The fourth-order valence-corrected chi connectivity index (χ4v) is 11.4. The van der Waals surface area contributed by atoms with E-state index in [0.29, 0.717) is 46.7 Å². The van der Waals surface area contributed by atoms with E-state index in [9.17, 15) is 19.2 Å². The summed E-state index contributed by atoms with van der Waals surface area (Å²) in [5.74, 6) is -2.18. The zero-order valence-electron chi connectivity index (χ0n) is 33.2. The Balaban J connectivity index is 0.833. The number of esters is 2. The van der Waals surface area contributed by atoms with E-state index in [1.54, 1.807) is 12.1 Å². The molecule has 12 atom stereocenters. The summed E-state index contributed by atoms with van der Waals surface area (Å²) in [4.78, 5) is 67.3. The van der Waals surface area contributed by atoms with Crippen LogP contribution in [0.15, 0.2) is 42.5 Å². The van der Waals surface area contributed by atoms with Gasteiger partial charge in [0.25, 0.3) is 0 Å². The van der Waals surface area contributed by atoms with Crippen LogP contribution in [0.1, 0.15) is 129 Å². The molecule has 300 valence electrons. The molecule has 8 aliphatic rings. The highest BCUT2D eigenvalue weighted by atomic mass is 17.3. The third kappa shape index (κ3) is 5.50. The molecule has 1 saturated carbocycles. The molecule has 3 aromatic carbocycles. The summed E-state index contributed by atoms with van der Waals surface area (Å²) in [5, 5.41) is 5.21. The van der Waals surface area contributed by atoms with Gasteiger partial charge in [-0.3, -0.25) is 19.2 Å². The Hall–Kier alpha value is -4.20. The predicted octanol–water partition coefficient (Wildman–Crippen LogP) is 7.40. The molecule has 1 spiro atoms. The molecule has 6 heterocycles. The fraction of sp³-hybridized carbons (Fsp3) is 0.556. The molecule has 0 radical (unpaired) electrons. The number of benzene rings is 3. The molecule has 5 saturated heterocycles. The Kier molecular flexibility index (Phi) is 8.39. The van der Waals surface area contributed by atoms with Gasteiger partial charge in [0.05, 0.1) is 41.8 Å². The van der Waals surface area contributed by atoms with E-state index in [0.717, 1.165) is 41.2 Å². The molecule has 11 rings (SSSR count). The third-order valence-corrected chi connectivity index (χ3v) is 14.3. The van der Waals surface area contributed by atoms with E-state index in [2.05, 4.69) is 12.2 Å². The summed E-state index contributed by atoms with van der Waals surface area (Å²) in [6.07, 6.45) is 0.191. The van der Waals surface area contributed by atoms with E-state index in [-0.39, 0.29) is 42.2 Å². The average Bonchev–Trinajstić information content (AvgIpc) is 3.41. The Labute approximate surface area is 331 Å². The van der Waals surface area contributed by atoms with Gasteiger partial charge in [-0.1, -0.05) is 49.7 Å². The summed E-state index contributed by atoms with van der Waals surface area (Å²) in [7, 11) is 0. The molecular formula is C45H49NO11. The molecule has 0 amide bonds. The van der Waals surface area contributed by atoms with E-state index in [1.165, 1.54) is 0 Å². The number of carbonyl (C=O) groups is 4. The molecule has 6 aliphatic heterocycles. The summed E-state index contributed by atoms with van der Waals surface area (Å²) < 4.78 is 31.3. The lowest BCUT2D eigenvalue weighted by Crippen LogP contribution is -2.70. The number of hydrogen-bond acceptors (Lipinski definition) is 12. The van der Waals surface area contributed by atoms with E-state index in [1.807, 2.05) is 65.0 Å². The van der Waals surface area contributed by atoms with Gasteiger partial charge >= 0.3 is 11.9 Å². The second-order valence-corrected chi connectivity index (χ2v) is 18.1. The summed E-state index contributed by atoms with van der Waals surface area (Å²) in [6, 6.07) is 13.1. The van der Waals surface area contributed by atoms with Crippen LogP contribution in [0.3, 0.4) is 0 Å². The summed E-state index contributed by atoms with van der Waals surface area (Å²) in [5.41, 5.74) is 2.15. The molecule has 2 aliphatic carbocycles. The van der Waals surface area contributed by atoms with Crippen molar-refractivity contribution in [2.24, 2.45) is 23.7 Å². The number of hydrogen-bond donors (Lipinski definition) is 1. The van der Waals surface area contributed by atoms with Crippen molar-refractivity contribution in [3.63, 3.8) is 0 Å². The minimum Gasteiger partial charge on any atom is -0.457 e. The first kappa shape index (κ1) is 37.1. The number of carbonyl (C=O) groups excluding carboxylic acids is 4. The van der Waals surface area contributed by atoms with Crippen LogP contribution in [0.4, 0.5) is 5.69 Å². The van der Waals surface area contributed by atoms with Crippen LogP contribution in [-0.4, -0.2) is 65.2 Å². The lowest BCUT2D eigenvalue weighted by Gasteiger charge is -2.59. The first-order chi connectivity index (χ1) is 27.2. The monoisotopic (exact) mass is 779 g/mol. The van der Waals surface area contributed by atoms with Crippen LogP contribution >= 0.6 is 0 Å². The maximum atomic E-state index is 14.3. The van der Waals surface area contributed by atoms with Crippen LogP contribution in [0.25, 0.3) is 10.8 Å². The Bertz CT molecular complexity index is 2250. The molecule has 6 fully saturated rings. The first-order valence-corrected chi connectivity index (χ1v) is 20.5. The van der Waals surface area contributed by atoms with Crippen molar-refractivity contribution >= 4 is 40.0 Å². The largest absolute Gasteiger partial charge is 0.457 e. The zero-order chi connectivity index (χ0) is 39.8. The van der Waals surface area contributed by atoms with Gasteiger partial charge in [0.2, 0.25) is 12.1 Å². The zero-order valence-corrected chi connectivity index (χ0v) is 33.2. The Morgan fingerprint density at radius 3 is 2.39 bits per heavy atom. The van der Waals surface area contributed by atoms with Gasteiger partial charge in [-0.15, -0.1) is 0 Å². The van der Waals surface area contributed by atoms with Gasteiger partial charge in [-0.05, 0) is 81.7 Å². The molecule has 3 aromatic rings. The van der Waals surface area contributed by atoms with Crippen molar-refractivity contribution in [1.82, 2.24) is 0 Å². The van der Waals surface area contributed by atoms with Gasteiger partial charge in [-0.2, -0.15) is 0 Å². The number of ketones is 2. The van der Waals surface area contributed by atoms with Gasteiger partial charge in [0.1, 0.15) is 0 Å². The van der Waals surface area contributed by atoms with Gasteiger partial charge in [0, 0.05) is 46.9 Å². The predicted molar refractivity (Wildman–Crippen MR) is 204 cm³/mol. The van der Waals surface area contributed by atoms with Crippen molar-refractivity contribution in [3.05, 3.63) is 75.8 Å². The number of rotatable bonds is 5. The fourth-order valence-electron chi connectivity index (χ4n) is 11.4. The van der Waals surface area contributed by atoms with Crippen molar-refractivity contribution in [3.8, 4) is 0 Å². The van der Waals surface area contributed by atoms with Crippen LogP contribution in [-0.2, 0) is 43.0 Å². The lowest BCUT2D eigenvalue weighted by molar-refractivity contribution is -0.576. The van der Waals surface area contributed by atoms with Crippen molar-refractivity contribution in [2.45, 2.75) is 134 Å². The Morgan fingerprint density at radius 2 is 1.58 bits per heavy atom. The second kappa shape index (κ2) is 12.9. The number of fused-ring (bicyclic) bond motifs is 11. The maximum Gasteiger partial charge on any atom is 0.308 e. The molecule has 12 nitrogen and oxygen atoms in total. The molecule has 0 aromatic heterocycles. The lowest BCUT2D eigenvalue weighted by atomic mass is 9.58. The maximum absolute atomic E-state index is 14.3.